The van der Waals surface area contributed by atoms with Crippen LogP contribution in [0.2, 0.25) is 5.02 Å². The van der Waals surface area contributed by atoms with Crippen LogP contribution in [0, 0.1) is 30.1 Å². The highest BCUT2D eigenvalue weighted by Crippen LogP contribution is 2.43. The molecule has 2 bridgehead atoms. The number of benzene rings is 1. The van der Waals surface area contributed by atoms with Gasteiger partial charge in [0.15, 0.2) is 0 Å². The average Bonchev–Trinajstić information content (AvgIpc) is 3.03. The van der Waals surface area contributed by atoms with Crippen LogP contribution in [-0.2, 0) is 4.74 Å². The van der Waals surface area contributed by atoms with Crippen molar-refractivity contribution in [1.82, 2.24) is 9.97 Å². The van der Waals surface area contributed by atoms with E-state index in [4.69, 9.17) is 21.6 Å². The van der Waals surface area contributed by atoms with E-state index in [0.29, 0.717) is 34.5 Å². The van der Waals surface area contributed by atoms with Crippen molar-refractivity contribution in [3.05, 3.63) is 40.7 Å². The fourth-order valence-corrected chi connectivity index (χ4v) is 5.21. The summed E-state index contributed by atoms with van der Waals surface area (Å²) >= 11 is 6.36. The van der Waals surface area contributed by atoms with Crippen LogP contribution >= 0.6 is 11.6 Å². The van der Waals surface area contributed by atoms with Crippen LogP contribution in [0.25, 0.3) is 0 Å². The Labute approximate surface area is 196 Å². The Morgan fingerprint density at radius 2 is 2.00 bits per heavy atom. The van der Waals surface area contributed by atoms with Gasteiger partial charge in [-0.15, -0.1) is 0 Å². The van der Waals surface area contributed by atoms with Gasteiger partial charge in [0.1, 0.15) is 18.0 Å². The molecule has 2 fully saturated rings. The van der Waals surface area contributed by atoms with Crippen molar-refractivity contribution in [2.75, 3.05) is 23.4 Å². The Bertz CT molecular complexity index is 975. The molecule has 2 aliphatic heterocycles. The molecule has 7 heteroatoms. The van der Waals surface area contributed by atoms with Crippen molar-refractivity contribution in [1.29, 1.82) is 5.26 Å². The largest absolute Gasteiger partial charge is 0.381 e. The van der Waals surface area contributed by atoms with Gasteiger partial charge in [-0.2, -0.15) is 5.26 Å². The highest BCUT2D eigenvalue weighted by Gasteiger charge is 2.42. The average molecular weight is 454 g/mol. The molecular weight excluding hydrogens is 422 g/mol. The number of nitrogens with one attached hydrogen (secondary N) is 1. The lowest BCUT2D eigenvalue weighted by molar-refractivity contribution is 0.0769. The molecule has 0 spiro atoms. The maximum Gasteiger partial charge on any atom is 0.138 e. The first-order valence-corrected chi connectivity index (χ1v) is 12.0. The Morgan fingerprint density at radius 3 is 2.66 bits per heavy atom. The molecule has 2 aromatic rings. The molecule has 2 unspecified atom stereocenters. The van der Waals surface area contributed by atoms with Gasteiger partial charge in [-0.3, -0.25) is 0 Å². The molecule has 32 heavy (non-hydrogen) atoms. The fourth-order valence-electron chi connectivity index (χ4n) is 4.98. The minimum atomic E-state index is 0.502. The second-order valence-corrected chi connectivity index (χ2v) is 9.90. The second kappa shape index (κ2) is 10.1. The van der Waals surface area contributed by atoms with E-state index in [1.807, 2.05) is 6.07 Å². The van der Waals surface area contributed by atoms with Crippen molar-refractivity contribution in [3.8, 4) is 6.07 Å². The molecule has 170 valence electrons. The number of fused-ring (bicyclic) bond motifs is 2. The van der Waals surface area contributed by atoms with E-state index in [9.17, 15) is 0 Å². The lowest BCUT2D eigenvalue weighted by Gasteiger charge is -2.40. The van der Waals surface area contributed by atoms with Crippen LogP contribution in [0.1, 0.15) is 57.1 Å². The summed E-state index contributed by atoms with van der Waals surface area (Å²) in [5.74, 6) is 3.09. The SMILES string of the molecule is Cc1c(Nc2ccc(C#N)cc2Cl)ncnc1N1C2CCC1CC(COCCC(C)C)C2. The molecule has 0 saturated carbocycles. The van der Waals surface area contributed by atoms with E-state index in [-0.39, 0.29) is 0 Å². The van der Waals surface area contributed by atoms with Crippen LogP contribution < -0.4 is 10.2 Å². The molecule has 4 rings (SSSR count). The standard InChI is InChI=1S/C25H32ClN5O/c1-16(2)8-9-32-14-19-10-20-5-6-21(11-19)31(20)25-17(3)24(28-15-29-25)30-23-7-4-18(13-27)12-22(23)26/h4,7,12,15-16,19-21H,5-6,8-11,14H2,1-3H3,(H,28,29,30). The number of hydrogen-bond donors (Lipinski definition) is 1. The van der Waals surface area contributed by atoms with Crippen molar-refractivity contribution in [3.63, 3.8) is 0 Å². The molecule has 3 heterocycles. The van der Waals surface area contributed by atoms with Crippen molar-refractivity contribution in [2.45, 2.75) is 65.0 Å². The van der Waals surface area contributed by atoms with Crippen molar-refractivity contribution < 1.29 is 4.74 Å². The number of piperidine rings is 1. The van der Waals surface area contributed by atoms with E-state index >= 15 is 0 Å². The third kappa shape index (κ3) is 5.00. The summed E-state index contributed by atoms with van der Waals surface area (Å²) in [4.78, 5) is 11.7. The Kier molecular flexibility index (Phi) is 7.17. The van der Waals surface area contributed by atoms with Gasteiger partial charge in [0.25, 0.3) is 0 Å². The molecule has 1 N–H and O–H groups in total. The highest BCUT2D eigenvalue weighted by molar-refractivity contribution is 6.33. The van der Waals surface area contributed by atoms with E-state index in [1.165, 1.54) is 12.8 Å². The van der Waals surface area contributed by atoms with Crippen molar-refractivity contribution >= 4 is 28.9 Å². The monoisotopic (exact) mass is 453 g/mol. The molecule has 0 radical (unpaired) electrons. The minimum absolute atomic E-state index is 0.502. The first-order valence-electron chi connectivity index (χ1n) is 11.6. The van der Waals surface area contributed by atoms with Crippen molar-refractivity contribution in [2.24, 2.45) is 11.8 Å². The minimum Gasteiger partial charge on any atom is -0.381 e. The van der Waals surface area contributed by atoms with Crippen LogP contribution in [0.4, 0.5) is 17.3 Å². The lowest BCUT2D eigenvalue weighted by Crippen LogP contribution is -2.44. The fraction of sp³-hybridized carbons (Fsp3) is 0.560. The van der Waals surface area contributed by atoms with Crippen LogP contribution in [0.5, 0.6) is 0 Å². The van der Waals surface area contributed by atoms with Gasteiger partial charge in [0.05, 0.1) is 22.3 Å². The van der Waals surface area contributed by atoms with Gasteiger partial charge in [-0.25, -0.2) is 9.97 Å². The maximum atomic E-state index is 9.06. The van der Waals surface area contributed by atoms with E-state index in [1.54, 1.807) is 18.5 Å². The first-order chi connectivity index (χ1) is 15.5. The lowest BCUT2D eigenvalue weighted by atomic mass is 9.91. The summed E-state index contributed by atoms with van der Waals surface area (Å²) in [6.45, 7) is 8.29. The number of nitriles is 1. The van der Waals surface area contributed by atoms with Gasteiger partial charge < -0.3 is 15.0 Å². The van der Waals surface area contributed by atoms with Gasteiger partial charge in [0, 0.05) is 30.9 Å². The van der Waals surface area contributed by atoms with E-state index in [2.05, 4.69) is 47.0 Å². The van der Waals surface area contributed by atoms with E-state index in [0.717, 1.165) is 55.4 Å². The Balaban J connectivity index is 1.45. The predicted octanol–water partition coefficient (Wildman–Crippen LogP) is 5.86. The normalized spacial score (nSPS) is 22.2. The number of ether oxygens (including phenoxy) is 1. The summed E-state index contributed by atoms with van der Waals surface area (Å²) in [5.41, 5.74) is 2.29. The number of rotatable bonds is 8. The molecular formula is C25H32ClN5O. The molecule has 6 nitrogen and oxygen atoms in total. The third-order valence-electron chi connectivity index (χ3n) is 6.68. The number of halogens is 1. The molecule has 0 aliphatic carbocycles. The Hall–Kier alpha value is -2.36. The zero-order chi connectivity index (χ0) is 22.7. The third-order valence-corrected chi connectivity index (χ3v) is 6.99. The number of hydrogen-bond acceptors (Lipinski definition) is 6. The predicted molar refractivity (Wildman–Crippen MR) is 129 cm³/mol. The van der Waals surface area contributed by atoms with Crippen LogP contribution in [0.3, 0.4) is 0 Å². The molecule has 1 aromatic carbocycles. The summed E-state index contributed by atoms with van der Waals surface area (Å²) in [5, 5.41) is 12.9. The highest BCUT2D eigenvalue weighted by atomic mass is 35.5. The molecule has 1 aromatic heterocycles. The van der Waals surface area contributed by atoms with Gasteiger partial charge >= 0.3 is 0 Å². The molecule has 2 aliphatic rings. The number of anilines is 3. The maximum absolute atomic E-state index is 9.06. The van der Waals surface area contributed by atoms with E-state index < -0.39 is 0 Å². The second-order valence-electron chi connectivity index (χ2n) is 9.49. The molecule has 2 saturated heterocycles. The summed E-state index contributed by atoms with van der Waals surface area (Å²) in [7, 11) is 0. The topological polar surface area (TPSA) is 74.1 Å². The van der Waals surface area contributed by atoms with Gasteiger partial charge in [0.2, 0.25) is 0 Å². The van der Waals surface area contributed by atoms with Crippen LogP contribution in [0.15, 0.2) is 24.5 Å². The first kappa shape index (κ1) is 22.8. The summed E-state index contributed by atoms with van der Waals surface area (Å²) < 4.78 is 6.00. The zero-order valence-corrected chi connectivity index (χ0v) is 19.9. The van der Waals surface area contributed by atoms with Gasteiger partial charge in [-0.1, -0.05) is 25.4 Å². The summed E-state index contributed by atoms with van der Waals surface area (Å²) in [6, 6.07) is 8.35. The van der Waals surface area contributed by atoms with Crippen LogP contribution in [-0.4, -0.2) is 35.3 Å². The molecule has 2 atom stereocenters. The summed E-state index contributed by atoms with van der Waals surface area (Å²) in [6.07, 6.45) is 7.49. The zero-order valence-electron chi connectivity index (χ0n) is 19.1. The number of nitrogens with zero attached hydrogens (tertiary/aromatic N) is 4. The smallest absolute Gasteiger partial charge is 0.138 e. The Morgan fingerprint density at radius 1 is 1.25 bits per heavy atom. The number of aromatic nitrogens is 2. The molecule has 0 amide bonds. The van der Waals surface area contributed by atoms with Gasteiger partial charge in [-0.05, 0) is 69.1 Å². The quantitative estimate of drug-likeness (QED) is 0.504.